The molecule has 0 bridgehead atoms. The van der Waals surface area contributed by atoms with Gasteiger partial charge in [-0.25, -0.2) is 9.79 Å². The van der Waals surface area contributed by atoms with Crippen molar-refractivity contribution in [3.05, 3.63) is 0 Å². The van der Waals surface area contributed by atoms with Gasteiger partial charge in [0.05, 0.1) is 19.3 Å². The van der Waals surface area contributed by atoms with Gasteiger partial charge in [-0.15, -0.1) is 0 Å². The molecule has 9 heteroatoms. The van der Waals surface area contributed by atoms with E-state index in [0.717, 1.165) is 25.7 Å². The van der Waals surface area contributed by atoms with Gasteiger partial charge in [-0.1, -0.05) is 44.9 Å². The number of nitriles is 1. The van der Waals surface area contributed by atoms with Gasteiger partial charge in [0.2, 0.25) is 11.9 Å². The zero-order valence-electron chi connectivity index (χ0n) is 16.4. The normalized spacial score (nSPS) is 20.4. The molecule has 0 spiro atoms. The Morgan fingerprint density at radius 1 is 1.18 bits per heavy atom. The molecule has 0 radical (unpaired) electrons. The number of carbonyl (C=O) groups is 2. The van der Waals surface area contributed by atoms with Gasteiger partial charge in [0.15, 0.2) is 0 Å². The Morgan fingerprint density at radius 3 is 2.43 bits per heavy atom. The summed E-state index contributed by atoms with van der Waals surface area (Å²) in [5.74, 6) is 0.220. The Morgan fingerprint density at radius 2 is 1.82 bits per heavy atom. The summed E-state index contributed by atoms with van der Waals surface area (Å²) < 4.78 is 5.32. The van der Waals surface area contributed by atoms with Crippen molar-refractivity contribution in [2.45, 2.75) is 57.4 Å². The van der Waals surface area contributed by atoms with E-state index in [9.17, 15) is 14.7 Å². The van der Waals surface area contributed by atoms with Gasteiger partial charge in [-0.3, -0.25) is 10.1 Å². The molecule has 2 amide bonds. The van der Waals surface area contributed by atoms with Crippen molar-refractivity contribution in [1.29, 1.82) is 5.26 Å². The molecule has 3 N–H and O–H groups in total. The molecule has 1 unspecified atom stereocenters. The molecule has 9 nitrogen and oxygen atoms in total. The van der Waals surface area contributed by atoms with Crippen LogP contribution in [0.1, 0.15) is 51.4 Å². The summed E-state index contributed by atoms with van der Waals surface area (Å²) in [6, 6.07) is 1.19. The topological polar surface area (TPSA) is 127 Å². The molecular weight excluding hydrogens is 362 g/mol. The summed E-state index contributed by atoms with van der Waals surface area (Å²) in [7, 11) is 0. The van der Waals surface area contributed by atoms with Crippen molar-refractivity contribution in [3.8, 4) is 6.07 Å². The third-order valence-electron chi connectivity index (χ3n) is 5.23. The first kappa shape index (κ1) is 22.0. The second-order valence-corrected chi connectivity index (χ2v) is 7.32. The minimum Gasteiger partial charge on any atom is -0.465 e. The van der Waals surface area contributed by atoms with Gasteiger partial charge in [-0.05, 0) is 12.3 Å². The molecule has 0 aromatic carbocycles. The Labute approximate surface area is 166 Å². The molecule has 1 aliphatic heterocycles. The maximum absolute atomic E-state index is 12.6. The number of nitrogens with one attached hydrogen (secondary N) is 2. The first-order valence-corrected chi connectivity index (χ1v) is 10.1. The van der Waals surface area contributed by atoms with Crippen LogP contribution in [0, 0.1) is 17.2 Å². The van der Waals surface area contributed by atoms with E-state index in [1.807, 2.05) is 6.07 Å². The molecule has 1 aliphatic carbocycles. The predicted molar refractivity (Wildman–Crippen MR) is 104 cm³/mol. The molecule has 0 aromatic heterocycles. The highest BCUT2D eigenvalue weighted by Gasteiger charge is 2.26. The smallest absolute Gasteiger partial charge is 0.411 e. The van der Waals surface area contributed by atoms with E-state index in [1.165, 1.54) is 19.3 Å². The number of hydrogen-bond acceptors (Lipinski definition) is 5. The summed E-state index contributed by atoms with van der Waals surface area (Å²) in [5, 5.41) is 22.9. The van der Waals surface area contributed by atoms with Gasteiger partial charge < -0.3 is 20.1 Å². The molecule has 1 saturated heterocycles. The van der Waals surface area contributed by atoms with Crippen LogP contribution in [-0.2, 0) is 9.53 Å². The van der Waals surface area contributed by atoms with Crippen molar-refractivity contribution in [2.24, 2.45) is 10.9 Å². The number of amides is 2. The summed E-state index contributed by atoms with van der Waals surface area (Å²) in [6.45, 7) is 1.89. The van der Waals surface area contributed by atoms with Crippen LogP contribution in [0.2, 0.25) is 0 Å². The standard InChI is InChI=1S/C19H31N5O4/c20-8-9-21-17(25)16(14-15-6-4-2-1-3-5-7-15)22-18(23-19(26)27)24-10-12-28-13-11-24/h15-16H,1-7,9-14H2,(H,21,25)(H,22,23)(H,26,27). The summed E-state index contributed by atoms with van der Waals surface area (Å²) in [6.07, 6.45) is 7.43. The number of morpholine rings is 1. The van der Waals surface area contributed by atoms with Crippen LogP contribution in [0.5, 0.6) is 0 Å². The number of nitrogens with zero attached hydrogens (tertiary/aromatic N) is 3. The SMILES string of the molecule is N#CCNC(=O)C(CC1CCCCCCC1)N=C(NC(=O)O)N1CCOCC1. The van der Waals surface area contributed by atoms with E-state index in [2.05, 4.69) is 15.6 Å². The lowest BCUT2D eigenvalue weighted by molar-refractivity contribution is -0.122. The van der Waals surface area contributed by atoms with Crippen LogP contribution < -0.4 is 10.6 Å². The number of hydrogen-bond donors (Lipinski definition) is 3. The number of carbonyl (C=O) groups excluding carboxylic acids is 1. The van der Waals surface area contributed by atoms with Crippen LogP contribution in [-0.4, -0.2) is 66.9 Å². The average Bonchev–Trinajstić information content (AvgIpc) is 2.67. The van der Waals surface area contributed by atoms with Gasteiger partial charge in [0.1, 0.15) is 12.6 Å². The molecule has 156 valence electrons. The highest BCUT2D eigenvalue weighted by Crippen LogP contribution is 2.27. The summed E-state index contributed by atoms with van der Waals surface area (Å²) in [5.41, 5.74) is 0. The van der Waals surface area contributed by atoms with E-state index in [0.29, 0.717) is 38.6 Å². The van der Waals surface area contributed by atoms with Gasteiger partial charge in [0.25, 0.3) is 0 Å². The average molecular weight is 393 g/mol. The van der Waals surface area contributed by atoms with Crippen LogP contribution in [0.15, 0.2) is 4.99 Å². The number of rotatable bonds is 5. The summed E-state index contributed by atoms with van der Waals surface area (Å²) >= 11 is 0. The minimum atomic E-state index is -1.22. The van der Waals surface area contributed by atoms with E-state index < -0.39 is 12.1 Å². The molecule has 28 heavy (non-hydrogen) atoms. The van der Waals surface area contributed by atoms with Crippen LogP contribution in [0.3, 0.4) is 0 Å². The van der Waals surface area contributed by atoms with Crippen molar-refractivity contribution in [3.63, 3.8) is 0 Å². The number of guanidine groups is 1. The van der Waals surface area contributed by atoms with E-state index in [-0.39, 0.29) is 18.4 Å². The Kier molecular flexibility index (Phi) is 9.55. The second kappa shape index (κ2) is 12.2. The van der Waals surface area contributed by atoms with Gasteiger partial charge in [0, 0.05) is 13.1 Å². The maximum Gasteiger partial charge on any atom is 0.411 e. The van der Waals surface area contributed by atoms with Crippen molar-refractivity contribution < 1.29 is 19.4 Å². The fourth-order valence-electron chi connectivity index (χ4n) is 3.77. The Hall–Kier alpha value is -2.34. The lowest BCUT2D eigenvalue weighted by atomic mass is 9.86. The van der Waals surface area contributed by atoms with Crippen molar-refractivity contribution >= 4 is 18.0 Å². The van der Waals surface area contributed by atoms with E-state index in [1.54, 1.807) is 4.90 Å². The largest absolute Gasteiger partial charge is 0.465 e. The van der Waals surface area contributed by atoms with Crippen LogP contribution >= 0.6 is 0 Å². The second-order valence-electron chi connectivity index (χ2n) is 7.32. The predicted octanol–water partition coefficient (Wildman–Crippen LogP) is 1.70. The first-order chi connectivity index (χ1) is 13.6. The number of ether oxygens (including phenoxy) is 1. The quantitative estimate of drug-likeness (QED) is 0.371. The number of aliphatic imine (C=N–C) groups is 1. The third-order valence-corrected chi connectivity index (χ3v) is 5.23. The van der Waals surface area contributed by atoms with Crippen LogP contribution in [0.4, 0.5) is 4.79 Å². The van der Waals surface area contributed by atoms with Gasteiger partial charge in [-0.2, -0.15) is 5.26 Å². The molecule has 1 atom stereocenters. The molecule has 2 aliphatic rings. The number of carboxylic acid groups (broad SMARTS) is 1. The van der Waals surface area contributed by atoms with Crippen molar-refractivity contribution in [1.82, 2.24) is 15.5 Å². The molecule has 2 fully saturated rings. The minimum absolute atomic E-state index is 0.0885. The fourth-order valence-corrected chi connectivity index (χ4v) is 3.77. The molecule has 1 heterocycles. The van der Waals surface area contributed by atoms with Crippen LogP contribution in [0.25, 0.3) is 0 Å². The lowest BCUT2D eigenvalue weighted by Crippen LogP contribution is -2.50. The Bertz CT molecular complexity index is 575. The lowest BCUT2D eigenvalue weighted by Gasteiger charge is -2.30. The highest BCUT2D eigenvalue weighted by molar-refractivity contribution is 5.95. The molecule has 1 saturated carbocycles. The Balaban J connectivity index is 2.17. The van der Waals surface area contributed by atoms with Gasteiger partial charge >= 0.3 is 6.09 Å². The van der Waals surface area contributed by atoms with Crippen molar-refractivity contribution in [2.75, 3.05) is 32.8 Å². The first-order valence-electron chi connectivity index (χ1n) is 10.1. The summed E-state index contributed by atoms with van der Waals surface area (Å²) in [4.78, 5) is 30.2. The molecule has 2 rings (SSSR count). The van der Waals surface area contributed by atoms with E-state index in [4.69, 9.17) is 10.00 Å². The zero-order valence-corrected chi connectivity index (χ0v) is 16.4. The van der Waals surface area contributed by atoms with E-state index >= 15 is 0 Å². The monoisotopic (exact) mass is 393 g/mol. The highest BCUT2D eigenvalue weighted by atomic mass is 16.5. The third kappa shape index (κ3) is 7.72. The fraction of sp³-hybridized carbons (Fsp3) is 0.789. The molecule has 0 aromatic rings. The zero-order chi connectivity index (χ0) is 20.2. The maximum atomic E-state index is 12.6. The molecular formula is C19H31N5O4.